The standard InChI is InChI=1S/C12H12ClN5/c1-18-5-4-9(17-18)11(14)12-15-8-3-2-7(13)6-10(8)16-12/h2-6,11H,14H2,1H3,(H,15,16). The highest BCUT2D eigenvalue weighted by Gasteiger charge is 2.15. The molecule has 0 radical (unpaired) electrons. The molecule has 3 aromatic rings. The summed E-state index contributed by atoms with van der Waals surface area (Å²) in [5.41, 5.74) is 8.64. The lowest BCUT2D eigenvalue weighted by Crippen LogP contribution is -2.14. The van der Waals surface area contributed by atoms with E-state index in [9.17, 15) is 0 Å². The first kappa shape index (κ1) is 11.3. The van der Waals surface area contributed by atoms with Crippen LogP contribution in [-0.2, 0) is 7.05 Å². The summed E-state index contributed by atoms with van der Waals surface area (Å²) in [7, 11) is 1.86. The zero-order valence-electron chi connectivity index (χ0n) is 9.76. The average molecular weight is 262 g/mol. The highest BCUT2D eigenvalue weighted by Crippen LogP contribution is 2.21. The summed E-state index contributed by atoms with van der Waals surface area (Å²) < 4.78 is 1.72. The van der Waals surface area contributed by atoms with Gasteiger partial charge >= 0.3 is 0 Å². The van der Waals surface area contributed by atoms with E-state index in [-0.39, 0.29) is 6.04 Å². The zero-order chi connectivity index (χ0) is 12.7. The lowest BCUT2D eigenvalue weighted by molar-refractivity contribution is 0.700. The van der Waals surface area contributed by atoms with Crippen molar-refractivity contribution in [3.05, 3.63) is 47.0 Å². The molecule has 0 bridgehead atoms. The van der Waals surface area contributed by atoms with Crippen molar-refractivity contribution in [2.75, 3.05) is 0 Å². The summed E-state index contributed by atoms with van der Waals surface area (Å²) in [5, 5.41) is 4.94. The topological polar surface area (TPSA) is 72.5 Å². The minimum Gasteiger partial charge on any atom is -0.340 e. The molecule has 0 spiro atoms. The minimum atomic E-state index is -0.364. The van der Waals surface area contributed by atoms with Gasteiger partial charge in [0, 0.05) is 18.3 Å². The first-order chi connectivity index (χ1) is 8.63. The summed E-state index contributed by atoms with van der Waals surface area (Å²) in [6.45, 7) is 0. The number of H-pyrrole nitrogens is 1. The summed E-state index contributed by atoms with van der Waals surface area (Å²) in [5.74, 6) is 0.686. The Balaban J connectivity index is 2.03. The lowest BCUT2D eigenvalue weighted by atomic mass is 10.2. The van der Waals surface area contributed by atoms with E-state index >= 15 is 0 Å². The fraction of sp³-hybridized carbons (Fsp3) is 0.167. The van der Waals surface area contributed by atoms with Gasteiger partial charge in [0.05, 0.1) is 16.7 Å². The van der Waals surface area contributed by atoms with Crippen LogP contribution in [0.5, 0.6) is 0 Å². The number of nitrogens with one attached hydrogen (secondary N) is 1. The second-order valence-corrected chi connectivity index (χ2v) is 4.61. The smallest absolute Gasteiger partial charge is 0.130 e. The third-order valence-electron chi connectivity index (χ3n) is 2.81. The van der Waals surface area contributed by atoms with Gasteiger partial charge in [0.2, 0.25) is 0 Å². The van der Waals surface area contributed by atoms with Crippen LogP contribution in [0.3, 0.4) is 0 Å². The molecule has 1 aromatic carbocycles. The average Bonchev–Trinajstić information content (AvgIpc) is 2.93. The second kappa shape index (κ2) is 4.12. The Labute approximate surface area is 109 Å². The van der Waals surface area contributed by atoms with Gasteiger partial charge in [-0.1, -0.05) is 11.6 Å². The predicted molar refractivity (Wildman–Crippen MR) is 70.3 cm³/mol. The molecule has 0 aliphatic rings. The van der Waals surface area contributed by atoms with E-state index in [2.05, 4.69) is 15.1 Å². The van der Waals surface area contributed by atoms with E-state index in [1.54, 1.807) is 4.68 Å². The third kappa shape index (κ3) is 1.87. The molecule has 0 aliphatic carbocycles. The monoisotopic (exact) mass is 261 g/mol. The predicted octanol–water partition coefficient (Wildman–Crippen LogP) is 2.00. The number of hydrogen-bond acceptors (Lipinski definition) is 3. The summed E-state index contributed by atoms with van der Waals surface area (Å²) in [4.78, 5) is 7.63. The molecule has 1 unspecified atom stereocenters. The highest BCUT2D eigenvalue weighted by atomic mass is 35.5. The molecule has 18 heavy (non-hydrogen) atoms. The van der Waals surface area contributed by atoms with Crippen molar-refractivity contribution in [2.45, 2.75) is 6.04 Å². The van der Waals surface area contributed by atoms with Crippen LogP contribution >= 0.6 is 11.6 Å². The van der Waals surface area contributed by atoms with Crippen molar-refractivity contribution in [1.29, 1.82) is 0 Å². The highest BCUT2D eigenvalue weighted by molar-refractivity contribution is 6.31. The number of imidazole rings is 1. The van der Waals surface area contributed by atoms with E-state index in [1.165, 1.54) is 0 Å². The zero-order valence-corrected chi connectivity index (χ0v) is 10.5. The minimum absolute atomic E-state index is 0.364. The maximum absolute atomic E-state index is 6.13. The second-order valence-electron chi connectivity index (χ2n) is 4.18. The van der Waals surface area contributed by atoms with Crippen molar-refractivity contribution in [1.82, 2.24) is 19.7 Å². The molecule has 1 atom stereocenters. The van der Waals surface area contributed by atoms with Crippen molar-refractivity contribution in [3.63, 3.8) is 0 Å². The number of aromatic amines is 1. The fourth-order valence-electron chi connectivity index (χ4n) is 1.88. The molecular weight excluding hydrogens is 250 g/mol. The van der Waals surface area contributed by atoms with Crippen molar-refractivity contribution in [2.24, 2.45) is 12.8 Å². The van der Waals surface area contributed by atoms with Gasteiger partial charge in [0.25, 0.3) is 0 Å². The van der Waals surface area contributed by atoms with Crippen LogP contribution in [0.2, 0.25) is 5.02 Å². The number of rotatable bonds is 2. The third-order valence-corrected chi connectivity index (χ3v) is 3.05. The van der Waals surface area contributed by atoms with Crippen molar-refractivity contribution >= 4 is 22.6 Å². The summed E-state index contributed by atoms with van der Waals surface area (Å²) in [6, 6.07) is 7.03. The summed E-state index contributed by atoms with van der Waals surface area (Å²) >= 11 is 5.93. The Morgan fingerprint density at radius 1 is 1.39 bits per heavy atom. The molecule has 3 N–H and O–H groups in total. The van der Waals surface area contributed by atoms with Gasteiger partial charge in [0.15, 0.2) is 0 Å². The first-order valence-corrected chi connectivity index (χ1v) is 5.91. The number of aromatic nitrogens is 4. The first-order valence-electron chi connectivity index (χ1n) is 5.54. The van der Waals surface area contributed by atoms with Gasteiger partial charge in [-0.3, -0.25) is 4.68 Å². The van der Waals surface area contributed by atoms with E-state index in [4.69, 9.17) is 17.3 Å². The largest absolute Gasteiger partial charge is 0.340 e. The lowest BCUT2D eigenvalue weighted by Gasteiger charge is -2.03. The number of nitrogens with zero attached hydrogens (tertiary/aromatic N) is 3. The van der Waals surface area contributed by atoms with Gasteiger partial charge in [-0.25, -0.2) is 4.98 Å². The summed E-state index contributed by atoms with van der Waals surface area (Å²) in [6.07, 6.45) is 1.86. The van der Waals surface area contributed by atoms with Gasteiger partial charge < -0.3 is 10.7 Å². The normalized spacial score (nSPS) is 13.1. The maximum Gasteiger partial charge on any atom is 0.130 e. The molecule has 5 nitrogen and oxygen atoms in total. The molecule has 0 saturated carbocycles. The number of fused-ring (bicyclic) bond motifs is 1. The molecular formula is C12H12ClN5. The Kier molecular flexibility index (Phi) is 2.57. The fourth-order valence-corrected chi connectivity index (χ4v) is 2.05. The van der Waals surface area contributed by atoms with Gasteiger partial charge in [-0.15, -0.1) is 0 Å². The molecule has 0 amide bonds. The molecule has 0 fully saturated rings. The van der Waals surface area contributed by atoms with Crippen LogP contribution in [0.4, 0.5) is 0 Å². The SMILES string of the molecule is Cn1ccc(C(N)c2nc3cc(Cl)ccc3[nH]2)n1. The molecule has 6 heteroatoms. The number of halogens is 1. The van der Waals surface area contributed by atoms with Crippen LogP contribution in [-0.4, -0.2) is 19.7 Å². The van der Waals surface area contributed by atoms with E-state index in [0.717, 1.165) is 16.7 Å². The van der Waals surface area contributed by atoms with Crippen molar-refractivity contribution in [3.8, 4) is 0 Å². The van der Waals surface area contributed by atoms with Crippen LogP contribution < -0.4 is 5.73 Å². The van der Waals surface area contributed by atoms with Crippen molar-refractivity contribution < 1.29 is 0 Å². The van der Waals surface area contributed by atoms with Gasteiger partial charge in [-0.2, -0.15) is 5.10 Å². The Morgan fingerprint density at radius 3 is 2.94 bits per heavy atom. The van der Waals surface area contributed by atoms with E-state index < -0.39 is 0 Å². The Morgan fingerprint density at radius 2 is 2.22 bits per heavy atom. The number of benzene rings is 1. The molecule has 0 aliphatic heterocycles. The maximum atomic E-state index is 6.13. The molecule has 2 aromatic heterocycles. The number of nitrogens with two attached hydrogens (primary N) is 1. The van der Waals surface area contributed by atoms with E-state index in [1.807, 2.05) is 37.5 Å². The van der Waals surface area contributed by atoms with Crippen LogP contribution in [0.1, 0.15) is 17.6 Å². The number of aryl methyl sites for hydroxylation is 1. The Hall–Kier alpha value is -1.85. The van der Waals surface area contributed by atoms with Gasteiger partial charge in [-0.05, 0) is 24.3 Å². The molecule has 0 saturated heterocycles. The Bertz CT molecular complexity index is 699. The molecule has 3 rings (SSSR count). The molecule has 2 heterocycles. The van der Waals surface area contributed by atoms with Crippen LogP contribution in [0.25, 0.3) is 11.0 Å². The van der Waals surface area contributed by atoms with Crippen LogP contribution in [0, 0.1) is 0 Å². The van der Waals surface area contributed by atoms with Crippen LogP contribution in [0.15, 0.2) is 30.5 Å². The van der Waals surface area contributed by atoms with E-state index in [0.29, 0.717) is 10.8 Å². The molecule has 92 valence electrons. The van der Waals surface area contributed by atoms with Gasteiger partial charge in [0.1, 0.15) is 11.9 Å². The quantitative estimate of drug-likeness (QED) is 0.741. The number of hydrogen-bond donors (Lipinski definition) is 2.